The van der Waals surface area contributed by atoms with Gasteiger partial charge in [-0.15, -0.1) is 24.8 Å². The fourth-order valence-corrected chi connectivity index (χ4v) is 3.05. The van der Waals surface area contributed by atoms with Gasteiger partial charge in [0.2, 0.25) is 5.91 Å². The van der Waals surface area contributed by atoms with E-state index in [0.717, 1.165) is 30.5 Å². The van der Waals surface area contributed by atoms with E-state index in [1.807, 2.05) is 28.9 Å². The molecule has 0 spiro atoms. The summed E-state index contributed by atoms with van der Waals surface area (Å²) in [5, 5.41) is 3.03. The van der Waals surface area contributed by atoms with Crippen molar-refractivity contribution in [2.45, 2.75) is 25.8 Å². The second kappa shape index (κ2) is 8.36. The molecular weight excluding hydrogens is 323 g/mol. The summed E-state index contributed by atoms with van der Waals surface area (Å²) in [6, 6.07) is 4.00. The van der Waals surface area contributed by atoms with Gasteiger partial charge in [0.15, 0.2) is 0 Å². The maximum Gasteiger partial charge on any atom is 0.223 e. The highest BCUT2D eigenvalue weighted by Gasteiger charge is 2.31. The number of hydrogen-bond donors (Lipinski definition) is 2. The molecule has 3 rings (SSSR count). The number of rotatable bonds is 4. The molecule has 1 fully saturated rings. The van der Waals surface area contributed by atoms with Crippen LogP contribution in [0.15, 0.2) is 30.7 Å². The summed E-state index contributed by atoms with van der Waals surface area (Å²) in [7, 11) is 0. The lowest BCUT2D eigenvalue weighted by molar-refractivity contribution is -0.126. The van der Waals surface area contributed by atoms with Gasteiger partial charge in [0.05, 0.1) is 0 Å². The number of nitrogens with two attached hydrogens (primary N) is 1. The number of pyridine rings is 1. The largest absolute Gasteiger partial charge is 0.352 e. The zero-order valence-corrected chi connectivity index (χ0v) is 13.9. The molecule has 0 unspecified atom stereocenters. The minimum absolute atomic E-state index is 0. The summed E-state index contributed by atoms with van der Waals surface area (Å²) in [5.74, 6) is 0.584. The van der Waals surface area contributed by atoms with Gasteiger partial charge in [0.1, 0.15) is 5.65 Å². The Kier molecular flexibility index (Phi) is 7.13. The van der Waals surface area contributed by atoms with E-state index in [4.69, 9.17) is 5.73 Å². The first-order valence-corrected chi connectivity index (χ1v) is 7.17. The first kappa shape index (κ1) is 18.7. The molecule has 0 aliphatic heterocycles. The number of carbonyl (C=O) groups excluding carboxylic acids is 1. The lowest BCUT2D eigenvalue weighted by atomic mass is 9.95. The molecule has 0 radical (unpaired) electrons. The number of fused-ring (bicyclic) bond motifs is 1. The SMILES string of the molecule is Cl.Cl.NC[C@H]1CCC[C@H]1C(=O)NCc1ccn2ccnc2c1. The molecule has 22 heavy (non-hydrogen) atoms. The standard InChI is InChI=1S/C15H20N4O.2ClH/c16-9-12-2-1-3-13(12)15(20)18-10-11-4-6-19-7-5-17-14(19)8-11;;/h4-8,12-13H,1-3,9-10,16H2,(H,18,20);2*1H/t12-,13-;;/m1../s1. The van der Waals surface area contributed by atoms with Crippen LogP contribution in [0.4, 0.5) is 0 Å². The third-order valence-corrected chi connectivity index (χ3v) is 4.23. The van der Waals surface area contributed by atoms with Gasteiger partial charge in [-0.2, -0.15) is 0 Å². The van der Waals surface area contributed by atoms with E-state index in [1.165, 1.54) is 0 Å². The zero-order chi connectivity index (χ0) is 13.9. The first-order chi connectivity index (χ1) is 9.78. The van der Waals surface area contributed by atoms with Crippen LogP contribution < -0.4 is 11.1 Å². The van der Waals surface area contributed by atoms with Crippen molar-refractivity contribution in [3.63, 3.8) is 0 Å². The summed E-state index contributed by atoms with van der Waals surface area (Å²) < 4.78 is 1.95. The van der Waals surface area contributed by atoms with Crippen LogP contribution in [0.5, 0.6) is 0 Å². The molecule has 2 aromatic heterocycles. The Bertz CT molecular complexity index is 616. The van der Waals surface area contributed by atoms with Crippen molar-refractivity contribution in [1.29, 1.82) is 0 Å². The lowest BCUT2D eigenvalue weighted by Gasteiger charge is -2.17. The van der Waals surface area contributed by atoms with Crippen LogP contribution >= 0.6 is 24.8 Å². The van der Waals surface area contributed by atoms with Crippen LogP contribution in [-0.4, -0.2) is 21.8 Å². The Morgan fingerprint density at radius 3 is 2.95 bits per heavy atom. The maximum absolute atomic E-state index is 12.2. The molecule has 1 aliphatic carbocycles. The molecule has 5 nitrogen and oxygen atoms in total. The van der Waals surface area contributed by atoms with Crippen molar-refractivity contribution < 1.29 is 4.79 Å². The van der Waals surface area contributed by atoms with Crippen LogP contribution in [0.2, 0.25) is 0 Å². The number of imidazole rings is 1. The lowest BCUT2D eigenvalue weighted by Crippen LogP contribution is -2.34. The molecule has 0 aromatic carbocycles. The van der Waals surface area contributed by atoms with Gasteiger partial charge in [-0.25, -0.2) is 4.98 Å². The molecule has 1 saturated carbocycles. The Hall–Kier alpha value is -1.30. The quantitative estimate of drug-likeness (QED) is 0.892. The summed E-state index contributed by atoms with van der Waals surface area (Å²) in [6.45, 7) is 1.16. The van der Waals surface area contributed by atoms with Crippen LogP contribution in [0.1, 0.15) is 24.8 Å². The number of amides is 1. The van der Waals surface area contributed by atoms with E-state index in [9.17, 15) is 4.79 Å². The van der Waals surface area contributed by atoms with Gasteiger partial charge in [-0.1, -0.05) is 6.42 Å². The minimum atomic E-state index is 0. The molecule has 2 atom stereocenters. The minimum Gasteiger partial charge on any atom is -0.352 e. The molecule has 0 bridgehead atoms. The highest BCUT2D eigenvalue weighted by atomic mass is 35.5. The van der Waals surface area contributed by atoms with Gasteiger partial charge in [0.25, 0.3) is 0 Å². The Morgan fingerprint density at radius 2 is 2.18 bits per heavy atom. The molecule has 0 saturated heterocycles. The third kappa shape index (κ3) is 3.91. The van der Waals surface area contributed by atoms with Gasteiger partial charge in [-0.05, 0) is 43.0 Å². The van der Waals surface area contributed by atoms with Gasteiger partial charge in [-0.3, -0.25) is 4.79 Å². The smallest absolute Gasteiger partial charge is 0.223 e. The molecule has 1 amide bonds. The van der Waals surface area contributed by atoms with Crippen LogP contribution in [0.25, 0.3) is 5.65 Å². The summed E-state index contributed by atoms with van der Waals surface area (Å²) in [6.07, 6.45) is 8.79. The second-order valence-electron chi connectivity index (χ2n) is 5.48. The van der Waals surface area contributed by atoms with E-state index in [-0.39, 0.29) is 36.6 Å². The van der Waals surface area contributed by atoms with Gasteiger partial charge in [0, 0.05) is 31.1 Å². The maximum atomic E-state index is 12.2. The second-order valence-corrected chi connectivity index (χ2v) is 5.48. The fraction of sp³-hybridized carbons (Fsp3) is 0.467. The molecule has 122 valence electrons. The van der Waals surface area contributed by atoms with Gasteiger partial charge < -0.3 is 15.5 Å². The normalized spacial score (nSPS) is 20.2. The third-order valence-electron chi connectivity index (χ3n) is 4.23. The summed E-state index contributed by atoms with van der Waals surface area (Å²) in [4.78, 5) is 16.5. The predicted molar refractivity (Wildman–Crippen MR) is 91.4 cm³/mol. The molecule has 7 heteroatoms. The van der Waals surface area contributed by atoms with Crippen molar-refractivity contribution >= 4 is 36.4 Å². The number of halogens is 2. The van der Waals surface area contributed by atoms with E-state index in [2.05, 4.69) is 10.3 Å². The van der Waals surface area contributed by atoms with Gasteiger partial charge >= 0.3 is 0 Å². The highest BCUT2D eigenvalue weighted by molar-refractivity contribution is 5.85. The average molecular weight is 345 g/mol. The van der Waals surface area contributed by atoms with Crippen LogP contribution in [0.3, 0.4) is 0 Å². The molecule has 1 aliphatic rings. The van der Waals surface area contributed by atoms with Crippen molar-refractivity contribution in [2.75, 3.05) is 6.54 Å². The van der Waals surface area contributed by atoms with Crippen molar-refractivity contribution in [2.24, 2.45) is 17.6 Å². The number of hydrogen-bond acceptors (Lipinski definition) is 3. The van der Waals surface area contributed by atoms with E-state index >= 15 is 0 Å². The molecular formula is C15H22Cl2N4O. The van der Waals surface area contributed by atoms with Crippen LogP contribution in [-0.2, 0) is 11.3 Å². The number of aromatic nitrogens is 2. The van der Waals surface area contributed by atoms with Crippen molar-refractivity contribution in [1.82, 2.24) is 14.7 Å². The Morgan fingerprint density at radius 1 is 1.36 bits per heavy atom. The van der Waals surface area contributed by atoms with E-state index in [1.54, 1.807) is 6.20 Å². The molecule has 2 heterocycles. The fourth-order valence-electron chi connectivity index (χ4n) is 3.05. The topological polar surface area (TPSA) is 72.4 Å². The predicted octanol–water partition coefficient (Wildman–Crippen LogP) is 2.17. The molecule has 3 N–H and O–H groups in total. The number of nitrogens with zero attached hydrogens (tertiary/aromatic N) is 2. The summed E-state index contributed by atoms with van der Waals surface area (Å²) in [5.41, 5.74) is 7.70. The first-order valence-electron chi connectivity index (χ1n) is 7.17. The number of carbonyl (C=O) groups is 1. The monoisotopic (exact) mass is 344 g/mol. The Balaban J connectivity index is 0.00000121. The Labute approximate surface area is 142 Å². The molecule has 2 aromatic rings. The van der Waals surface area contributed by atoms with E-state index < -0.39 is 0 Å². The zero-order valence-electron chi connectivity index (χ0n) is 12.3. The van der Waals surface area contributed by atoms with Crippen molar-refractivity contribution in [3.05, 3.63) is 36.3 Å². The van der Waals surface area contributed by atoms with E-state index in [0.29, 0.717) is 19.0 Å². The number of nitrogens with one attached hydrogen (secondary N) is 1. The van der Waals surface area contributed by atoms with Crippen LogP contribution in [0, 0.1) is 11.8 Å². The highest BCUT2D eigenvalue weighted by Crippen LogP contribution is 2.30. The summed E-state index contributed by atoms with van der Waals surface area (Å²) >= 11 is 0. The average Bonchev–Trinajstić information content (AvgIpc) is 3.12. The van der Waals surface area contributed by atoms with Crippen molar-refractivity contribution in [3.8, 4) is 0 Å².